The highest BCUT2D eigenvalue weighted by Gasteiger charge is 2.45. The fraction of sp³-hybridized carbons (Fsp3) is 0.448. The van der Waals surface area contributed by atoms with E-state index in [1.165, 1.54) is 0 Å². The molecule has 0 bridgehead atoms. The number of aliphatic hydroxyl groups is 1. The molecule has 4 rings (SSSR count). The van der Waals surface area contributed by atoms with Gasteiger partial charge in [-0.05, 0) is 48.6 Å². The fourth-order valence-corrected chi connectivity index (χ4v) is 4.78. The Morgan fingerprint density at radius 1 is 1.08 bits per heavy atom. The molecule has 7 nitrogen and oxygen atoms in total. The van der Waals surface area contributed by atoms with Gasteiger partial charge in [0, 0.05) is 31.7 Å². The van der Waals surface area contributed by atoms with Gasteiger partial charge in [0.2, 0.25) is 0 Å². The van der Waals surface area contributed by atoms with Crippen molar-refractivity contribution in [2.45, 2.75) is 33.2 Å². The number of hydrogen-bond acceptors (Lipinski definition) is 6. The molecule has 1 amide bonds. The highest BCUT2D eigenvalue weighted by atomic mass is 16.5. The minimum Gasteiger partial charge on any atom is -0.507 e. The second-order valence-corrected chi connectivity index (χ2v) is 9.89. The molecule has 0 aliphatic carbocycles. The van der Waals surface area contributed by atoms with E-state index in [1.807, 2.05) is 43.3 Å². The number of carbonyl (C=O) groups excluding carboxylic acids is 2. The predicted octanol–water partition coefficient (Wildman–Crippen LogP) is 4.17. The molecule has 0 aromatic heterocycles. The average Bonchev–Trinajstić information content (AvgIpc) is 3.13. The summed E-state index contributed by atoms with van der Waals surface area (Å²) >= 11 is 0. The van der Waals surface area contributed by atoms with Gasteiger partial charge in [0.15, 0.2) is 0 Å². The summed E-state index contributed by atoms with van der Waals surface area (Å²) < 4.78 is 11.2. The van der Waals surface area contributed by atoms with Crippen LogP contribution < -0.4 is 4.74 Å². The van der Waals surface area contributed by atoms with Gasteiger partial charge in [-0.15, -0.1) is 0 Å². The van der Waals surface area contributed by atoms with E-state index in [9.17, 15) is 14.7 Å². The number of amides is 1. The predicted molar refractivity (Wildman–Crippen MR) is 139 cm³/mol. The molecule has 1 N–H and O–H groups in total. The molecule has 0 radical (unpaired) electrons. The van der Waals surface area contributed by atoms with E-state index in [0.29, 0.717) is 30.4 Å². The van der Waals surface area contributed by atoms with Crippen LogP contribution in [0.15, 0.2) is 54.1 Å². The molecule has 2 aromatic rings. The van der Waals surface area contributed by atoms with Crippen LogP contribution in [0.5, 0.6) is 5.75 Å². The van der Waals surface area contributed by atoms with Gasteiger partial charge in [-0.1, -0.05) is 44.2 Å². The zero-order valence-electron chi connectivity index (χ0n) is 21.4. The lowest BCUT2D eigenvalue weighted by Gasteiger charge is -2.29. The number of carbonyl (C=O) groups is 2. The summed E-state index contributed by atoms with van der Waals surface area (Å²) in [7, 11) is 0. The van der Waals surface area contributed by atoms with Crippen LogP contribution in [0.3, 0.4) is 0 Å². The Morgan fingerprint density at radius 2 is 1.81 bits per heavy atom. The smallest absolute Gasteiger partial charge is 0.295 e. The SMILES string of the molecule is Cc1cc(OCC(C)C)ccc1C(O)=C1C(=O)C(=O)N(CCCN2CCOCC2)[C@H]1c1ccccc1. The van der Waals surface area contributed by atoms with Gasteiger partial charge < -0.3 is 19.5 Å². The van der Waals surface area contributed by atoms with Crippen molar-refractivity contribution in [2.75, 3.05) is 46.0 Å². The molecule has 0 saturated carbocycles. The maximum absolute atomic E-state index is 13.3. The van der Waals surface area contributed by atoms with Crippen molar-refractivity contribution in [1.29, 1.82) is 0 Å². The first-order chi connectivity index (χ1) is 17.4. The number of likely N-dealkylation sites (tertiary alicyclic amines) is 1. The molecule has 2 aliphatic heterocycles. The van der Waals surface area contributed by atoms with E-state index in [0.717, 1.165) is 50.4 Å². The zero-order chi connectivity index (χ0) is 25.7. The van der Waals surface area contributed by atoms with Gasteiger partial charge in [0.25, 0.3) is 11.7 Å². The van der Waals surface area contributed by atoms with Crippen molar-refractivity contribution in [3.8, 4) is 5.75 Å². The highest BCUT2D eigenvalue weighted by molar-refractivity contribution is 6.46. The van der Waals surface area contributed by atoms with Crippen molar-refractivity contribution >= 4 is 17.4 Å². The molecule has 0 unspecified atom stereocenters. The summed E-state index contributed by atoms with van der Waals surface area (Å²) in [6.45, 7) is 11.1. The lowest BCUT2D eigenvalue weighted by Crippen LogP contribution is -2.38. The Labute approximate surface area is 213 Å². The van der Waals surface area contributed by atoms with Crippen LogP contribution in [-0.2, 0) is 14.3 Å². The summed E-state index contributed by atoms with van der Waals surface area (Å²) in [6.07, 6.45) is 0.733. The van der Waals surface area contributed by atoms with Crippen LogP contribution in [0, 0.1) is 12.8 Å². The average molecular weight is 493 g/mol. The molecule has 2 aromatic carbocycles. The van der Waals surface area contributed by atoms with E-state index in [-0.39, 0.29) is 11.3 Å². The lowest BCUT2D eigenvalue weighted by molar-refractivity contribution is -0.140. The first kappa shape index (κ1) is 25.9. The normalized spacial score (nSPS) is 20.3. The molecule has 2 heterocycles. The van der Waals surface area contributed by atoms with Crippen LogP contribution in [0.25, 0.3) is 5.76 Å². The zero-order valence-corrected chi connectivity index (χ0v) is 21.4. The van der Waals surface area contributed by atoms with Crippen LogP contribution >= 0.6 is 0 Å². The molecule has 36 heavy (non-hydrogen) atoms. The molecule has 1 atom stereocenters. The number of ketones is 1. The van der Waals surface area contributed by atoms with E-state index < -0.39 is 17.7 Å². The van der Waals surface area contributed by atoms with E-state index in [2.05, 4.69) is 18.7 Å². The quantitative estimate of drug-likeness (QED) is 0.322. The summed E-state index contributed by atoms with van der Waals surface area (Å²) in [5.74, 6) is -0.260. The maximum atomic E-state index is 13.3. The van der Waals surface area contributed by atoms with Gasteiger partial charge in [0.05, 0.1) is 31.4 Å². The monoisotopic (exact) mass is 492 g/mol. The summed E-state index contributed by atoms with van der Waals surface area (Å²) in [5, 5.41) is 11.4. The van der Waals surface area contributed by atoms with Crippen molar-refractivity contribution in [1.82, 2.24) is 9.80 Å². The fourth-order valence-electron chi connectivity index (χ4n) is 4.78. The summed E-state index contributed by atoms with van der Waals surface area (Å²) in [6, 6.07) is 14.2. The first-order valence-corrected chi connectivity index (χ1v) is 12.7. The van der Waals surface area contributed by atoms with Crippen LogP contribution in [0.2, 0.25) is 0 Å². The largest absolute Gasteiger partial charge is 0.507 e. The summed E-state index contributed by atoms with van der Waals surface area (Å²) in [5.41, 5.74) is 2.24. The van der Waals surface area contributed by atoms with Crippen LogP contribution in [0.1, 0.15) is 43.0 Å². The van der Waals surface area contributed by atoms with Crippen molar-refractivity contribution in [2.24, 2.45) is 5.92 Å². The third-order valence-electron chi connectivity index (χ3n) is 6.67. The Balaban J connectivity index is 1.63. The molecule has 0 spiro atoms. The van der Waals surface area contributed by atoms with Gasteiger partial charge >= 0.3 is 0 Å². The van der Waals surface area contributed by atoms with Crippen molar-refractivity contribution in [3.63, 3.8) is 0 Å². The number of benzene rings is 2. The summed E-state index contributed by atoms with van der Waals surface area (Å²) in [4.78, 5) is 30.4. The number of morpholine rings is 1. The molecule has 2 saturated heterocycles. The minimum absolute atomic E-state index is 0.136. The molecular weight excluding hydrogens is 456 g/mol. The van der Waals surface area contributed by atoms with Gasteiger partial charge in [-0.25, -0.2) is 0 Å². The van der Waals surface area contributed by atoms with Gasteiger partial charge in [-0.3, -0.25) is 14.5 Å². The van der Waals surface area contributed by atoms with E-state index in [1.54, 1.807) is 17.0 Å². The van der Waals surface area contributed by atoms with Gasteiger partial charge in [-0.2, -0.15) is 0 Å². The number of hydrogen-bond donors (Lipinski definition) is 1. The van der Waals surface area contributed by atoms with Crippen LogP contribution in [0.4, 0.5) is 0 Å². The topological polar surface area (TPSA) is 79.3 Å². The number of ether oxygens (including phenoxy) is 2. The number of nitrogens with zero attached hydrogens (tertiary/aromatic N) is 2. The number of aliphatic hydroxyl groups excluding tert-OH is 1. The Morgan fingerprint density at radius 3 is 2.47 bits per heavy atom. The number of Topliss-reactive ketones (excluding diaryl/α,β-unsaturated/α-hetero) is 1. The van der Waals surface area contributed by atoms with Crippen LogP contribution in [-0.4, -0.2) is 72.6 Å². The number of aryl methyl sites for hydroxylation is 1. The number of rotatable bonds is 9. The molecule has 7 heteroatoms. The standard InChI is InChI=1S/C29H36N2O5/c1-20(2)19-36-23-10-11-24(21(3)18-23)27(32)25-26(22-8-5-4-6-9-22)31(29(34)28(25)33)13-7-12-30-14-16-35-17-15-30/h4-6,8-11,18,20,26,32H,7,12-17,19H2,1-3H3/t26-/m0/s1. The third-order valence-corrected chi connectivity index (χ3v) is 6.67. The van der Waals surface area contributed by atoms with Gasteiger partial charge in [0.1, 0.15) is 11.5 Å². The Hall–Kier alpha value is -3.16. The second-order valence-electron chi connectivity index (χ2n) is 9.89. The van der Waals surface area contributed by atoms with Crippen molar-refractivity contribution < 1.29 is 24.2 Å². The lowest BCUT2D eigenvalue weighted by atomic mass is 9.94. The highest BCUT2D eigenvalue weighted by Crippen LogP contribution is 2.40. The molecule has 192 valence electrons. The van der Waals surface area contributed by atoms with Crippen molar-refractivity contribution in [3.05, 3.63) is 70.8 Å². The Bertz CT molecular complexity index is 1110. The Kier molecular flexibility index (Phi) is 8.44. The van der Waals surface area contributed by atoms with E-state index >= 15 is 0 Å². The second kappa shape index (κ2) is 11.7. The first-order valence-electron chi connectivity index (χ1n) is 12.7. The van der Waals surface area contributed by atoms with E-state index in [4.69, 9.17) is 9.47 Å². The minimum atomic E-state index is -0.646. The third kappa shape index (κ3) is 5.79. The maximum Gasteiger partial charge on any atom is 0.295 e. The molecule has 2 aliphatic rings. The molecule has 2 fully saturated rings. The molecular formula is C29H36N2O5.